The van der Waals surface area contributed by atoms with Crippen LogP contribution in [0.2, 0.25) is 0 Å². The maximum absolute atomic E-state index is 13.5. The van der Waals surface area contributed by atoms with Crippen LogP contribution < -0.4 is 10.6 Å². The summed E-state index contributed by atoms with van der Waals surface area (Å²) in [5.41, 5.74) is 3.90. The van der Waals surface area contributed by atoms with Crippen LogP contribution in [0.1, 0.15) is 77.3 Å². The van der Waals surface area contributed by atoms with Crippen molar-refractivity contribution in [1.29, 1.82) is 0 Å². The van der Waals surface area contributed by atoms with Crippen molar-refractivity contribution in [3.05, 3.63) is 75.7 Å². The fourth-order valence-corrected chi connectivity index (χ4v) is 7.42. The number of rotatable bonds is 8. The Kier molecular flexibility index (Phi) is 9.41. The number of methoxy groups -OCH3 is 1. The number of aryl methyl sites for hydroxylation is 1. The number of benzene rings is 2. The van der Waals surface area contributed by atoms with Crippen LogP contribution in [0.3, 0.4) is 0 Å². The van der Waals surface area contributed by atoms with Crippen molar-refractivity contribution < 1.29 is 19.1 Å². The first kappa shape index (κ1) is 29.9. The number of anilines is 2. The van der Waals surface area contributed by atoms with Crippen LogP contribution in [0.25, 0.3) is 0 Å². The van der Waals surface area contributed by atoms with E-state index in [2.05, 4.69) is 31.4 Å². The zero-order chi connectivity index (χ0) is 29.0. The SMILES string of the molecule is CCC(Sc1cccc(NC(=O)c2ccccc2C)c1)C(=O)Nc1sc2c(c1C(=O)OC)CCC(C(C)(C)C)C2. The molecule has 0 saturated heterocycles. The summed E-state index contributed by atoms with van der Waals surface area (Å²) in [7, 11) is 1.38. The summed E-state index contributed by atoms with van der Waals surface area (Å²) in [4.78, 5) is 41.1. The predicted octanol–water partition coefficient (Wildman–Crippen LogP) is 7.76. The molecule has 0 aliphatic heterocycles. The molecule has 0 spiro atoms. The Morgan fingerprint density at radius 3 is 2.52 bits per heavy atom. The van der Waals surface area contributed by atoms with Gasteiger partial charge < -0.3 is 15.4 Å². The van der Waals surface area contributed by atoms with Gasteiger partial charge in [-0.05, 0) is 79.3 Å². The van der Waals surface area contributed by atoms with E-state index in [4.69, 9.17) is 4.74 Å². The minimum absolute atomic E-state index is 0.155. The molecule has 0 fully saturated rings. The van der Waals surface area contributed by atoms with Gasteiger partial charge in [-0.1, -0.05) is 52.0 Å². The van der Waals surface area contributed by atoms with Crippen LogP contribution in [0.5, 0.6) is 0 Å². The second kappa shape index (κ2) is 12.6. The van der Waals surface area contributed by atoms with Gasteiger partial charge in [0.2, 0.25) is 5.91 Å². The molecule has 1 aliphatic carbocycles. The van der Waals surface area contributed by atoms with Crippen LogP contribution in [-0.4, -0.2) is 30.1 Å². The zero-order valence-corrected chi connectivity index (χ0v) is 25.7. The molecule has 0 saturated carbocycles. The van der Waals surface area contributed by atoms with Crippen molar-refractivity contribution in [1.82, 2.24) is 0 Å². The lowest BCUT2D eigenvalue weighted by Gasteiger charge is -2.33. The first-order valence-corrected chi connectivity index (χ1v) is 15.4. The second-order valence-corrected chi connectivity index (χ2v) is 13.7. The Balaban J connectivity index is 1.50. The third-order valence-electron chi connectivity index (χ3n) is 7.54. The first-order valence-electron chi connectivity index (χ1n) is 13.7. The maximum atomic E-state index is 13.5. The number of amides is 2. The molecule has 4 rings (SSSR count). The largest absolute Gasteiger partial charge is 0.465 e. The summed E-state index contributed by atoms with van der Waals surface area (Å²) in [5.74, 6) is -0.210. The average molecular weight is 579 g/mol. The quantitative estimate of drug-likeness (QED) is 0.211. The van der Waals surface area contributed by atoms with Gasteiger partial charge in [-0.15, -0.1) is 23.1 Å². The number of carbonyl (C=O) groups is 3. The fourth-order valence-electron chi connectivity index (χ4n) is 5.08. The molecule has 2 atom stereocenters. The lowest BCUT2D eigenvalue weighted by molar-refractivity contribution is -0.115. The molecule has 40 heavy (non-hydrogen) atoms. The molecule has 212 valence electrons. The molecule has 2 aromatic carbocycles. The highest BCUT2D eigenvalue weighted by atomic mass is 32.2. The number of nitrogens with one attached hydrogen (secondary N) is 2. The van der Waals surface area contributed by atoms with Crippen molar-refractivity contribution in [2.75, 3.05) is 17.7 Å². The van der Waals surface area contributed by atoms with E-state index in [1.807, 2.05) is 56.3 Å². The summed E-state index contributed by atoms with van der Waals surface area (Å²) in [6, 6.07) is 15.0. The van der Waals surface area contributed by atoms with E-state index < -0.39 is 5.97 Å². The number of thioether (sulfide) groups is 1. The lowest BCUT2D eigenvalue weighted by Crippen LogP contribution is -2.27. The number of ether oxygens (including phenoxy) is 1. The van der Waals surface area contributed by atoms with Gasteiger partial charge >= 0.3 is 5.97 Å². The summed E-state index contributed by atoms with van der Waals surface area (Å²) in [6.45, 7) is 10.6. The predicted molar refractivity (Wildman–Crippen MR) is 165 cm³/mol. The smallest absolute Gasteiger partial charge is 0.341 e. The first-order chi connectivity index (χ1) is 19.0. The van der Waals surface area contributed by atoms with E-state index in [0.29, 0.717) is 34.2 Å². The minimum Gasteiger partial charge on any atom is -0.465 e. The van der Waals surface area contributed by atoms with Crippen molar-refractivity contribution in [2.24, 2.45) is 11.3 Å². The molecule has 3 aromatic rings. The molecular weight excluding hydrogens is 540 g/mol. The Morgan fingerprint density at radius 1 is 1.10 bits per heavy atom. The zero-order valence-electron chi connectivity index (χ0n) is 24.1. The maximum Gasteiger partial charge on any atom is 0.341 e. The number of hydrogen-bond donors (Lipinski definition) is 2. The highest BCUT2D eigenvalue weighted by molar-refractivity contribution is 8.00. The Hall–Kier alpha value is -3.10. The molecule has 2 unspecified atom stereocenters. The number of thiophene rings is 1. The van der Waals surface area contributed by atoms with E-state index in [0.717, 1.165) is 35.3 Å². The minimum atomic E-state index is -0.403. The van der Waals surface area contributed by atoms with Crippen LogP contribution in [0.4, 0.5) is 10.7 Å². The number of esters is 1. The molecule has 2 N–H and O–H groups in total. The van der Waals surface area contributed by atoms with Crippen LogP contribution >= 0.6 is 23.1 Å². The van der Waals surface area contributed by atoms with Crippen molar-refractivity contribution >= 4 is 51.6 Å². The molecule has 1 heterocycles. The van der Waals surface area contributed by atoms with E-state index in [1.54, 1.807) is 6.07 Å². The Labute approximate surface area is 245 Å². The molecule has 2 amide bonds. The van der Waals surface area contributed by atoms with Gasteiger partial charge in [-0.25, -0.2) is 4.79 Å². The summed E-state index contributed by atoms with van der Waals surface area (Å²) in [5, 5.41) is 6.23. The third kappa shape index (κ3) is 6.78. The van der Waals surface area contributed by atoms with Crippen LogP contribution in [-0.2, 0) is 22.4 Å². The summed E-state index contributed by atoms with van der Waals surface area (Å²) >= 11 is 2.95. The molecule has 8 heteroatoms. The van der Waals surface area contributed by atoms with Gasteiger partial charge in [0.25, 0.3) is 5.91 Å². The van der Waals surface area contributed by atoms with Crippen LogP contribution in [0.15, 0.2) is 53.4 Å². The van der Waals surface area contributed by atoms with E-state index in [-0.39, 0.29) is 22.5 Å². The fraction of sp³-hybridized carbons (Fsp3) is 0.406. The topological polar surface area (TPSA) is 84.5 Å². The summed E-state index contributed by atoms with van der Waals surface area (Å²) < 4.78 is 5.12. The Morgan fingerprint density at radius 2 is 1.85 bits per heavy atom. The highest BCUT2D eigenvalue weighted by Crippen LogP contribution is 2.44. The van der Waals surface area contributed by atoms with E-state index >= 15 is 0 Å². The molecule has 1 aliphatic rings. The monoisotopic (exact) mass is 578 g/mol. The van der Waals surface area contributed by atoms with Gasteiger partial charge in [-0.3, -0.25) is 9.59 Å². The van der Waals surface area contributed by atoms with E-state index in [9.17, 15) is 14.4 Å². The van der Waals surface area contributed by atoms with Crippen molar-refractivity contribution in [3.8, 4) is 0 Å². The van der Waals surface area contributed by atoms with Gasteiger partial charge in [0, 0.05) is 21.0 Å². The van der Waals surface area contributed by atoms with Crippen molar-refractivity contribution in [3.63, 3.8) is 0 Å². The molecule has 0 radical (unpaired) electrons. The summed E-state index contributed by atoms with van der Waals surface area (Å²) in [6.07, 6.45) is 3.31. The molecule has 1 aromatic heterocycles. The molecular formula is C32H38N2O4S2. The number of hydrogen-bond acceptors (Lipinski definition) is 6. The van der Waals surface area contributed by atoms with Gasteiger partial charge in [-0.2, -0.15) is 0 Å². The molecule has 6 nitrogen and oxygen atoms in total. The Bertz CT molecular complexity index is 1410. The van der Waals surface area contributed by atoms with Gasteiger partial charge in [0.15, 0.2) is 0 Å². The molecule has 0 bridgehead atoms. The van der Waals surface area contributed by atoms with E-state index in [1.165, 1.54) is 35.1 Å². The number of fused-ring (bicyclic) bond motifs is 1. The standard InChI is InChI=1S/C32H38N2O4S2/c1-7-25(39-22-13-10-12-21(18-22)33-28(35)23-14-9-8-11-19(23)2)29(36)34-30-27(31(37)38-6)24-16-15-20(32(3,4)5)17-26(24)40-30/h8-14,18,20,25H,7,15-17H2,1-6H3,(H,33,35)(H,34,36). The lowest BCUT2D eigenvalue weighted by atomic mass is 9.72. The van der Waals surface area contributed by atoms with Gasteiger partial charge in [0.1, 0.15) is 5.00 Å². The number of carbonyl (C=O) groups excluding carboxylic acids is 3. The highest BCUT2D eigenvalue weighted by Gasteiger charge is 2.35. The average Bonchev–Trinajstić information content (AvgIpc) is 3.28. The second-order valence-electron chi connectivity index (χ2n) is 11.3. The van der Waals surface area contributed by atoms with Gasteiger partial charge in [0.05, 0.1) is 17.9 Å². The third-order valence-corrected chi connectivity index (χ3v) is 10.1. The normalized spacial score (nSPS) is 15.6. The van der Waals surface area contributed by atoms with Crippen LogP contribution in [0, 0.1) is 18.3 Å². The van der Waals surface area contributed by atoms with Crippen molar-refractivity contribution in [2.45, 2.75) is 70.4 Å².